The number of esters is 1. The van der Waals surface area contributed by atoms with Crippen molar-refractivity contribution in [3.8, 4) is 0 Å². The Morgan fingerprint density at radius 1 is 1.50 bits per heavy atom. The summed E-state index contributed by atoms with van der Waals surface area (Å²) >= 11 is 1.50. The van der Waals surface area contributed by atoms with Crippen LogP contribution in [0, 0.1) is 0 Å². The van der Waals surface area contributed by atoms with Gasteiger partial charge in [-0.3, -0.25) is 14.0 Å². The second-order valence-electron chi connectivity index (χ2n) is 4.15. The van der Waals surface area contributed by atoms with Gasteiger partial charge in [0, 0.05) is 0 Å². The van der Waals surface area contributed by atoms with Crippen molar-refractivity contribution in [1.82, 2.24) is 14.2 Å². The predicted molar refractivity (Wildman–Crippen MR) is 72.8 cm³/mol. The molecule has 1 N–H and O–H groups in total. The summed E-state index contributed by atoms with van der Waals surface area (Å²) in [5, 5.41) is 15.4. The van der Waals surface area contributed by atoms with Gasteiger partial charge in [-0.25, -0.2) is 4.68 Å². The second kappa shape index (κ2) is 4.73. The summed E-state index contributed by atoms with van der Waals surface area (Å²) in [6.07, 6.45) is 0. The molecule has 0 fully saturated rings. The Bertz CT molecular complexity index is 861. The van der Waals surface area contributed by atoms with Gasteiger partial charge in [0.25, 0.3) is 5.56 Å². The van der Waals surface area contributed by atoms with Crippen LogP contribution in [0.1, 0.15) is 5.82 Å². The number of aromatic nitrogens is 3. The highest BCUT2D eigenvalue weighted by Crippen LogP contribution is 2.24. The van der Waals surface area contributed by atoms with Crippen LogP contribution in [0.15, 0.2) is 22.3 Å². The fourth-order valence-corrected chi connectivity index (χ4v) is 2.92. The molecule has 0 saturated carbocycles. The van der Waals surface area contributed by atoms with Gasteiger partial charge in [0.05, 0.1) is 17.3 Å². The van der Waals surface area contributed by atoms with Crippen LogP contribution in [0.25, 0.3) is 15.7 Å². The molecule has 0 aliphatic carbocycles. The summed E-state index contributed by atoms with van der Waals surface area (Å²) in [6, 6.07) is 3.59. The molecule has 3 rings (SSSR count). The van der Waals surface area contributed by atoms with E-state index in [1.165, 1.54) is 18.4 Å². The molecule has 0 aliphatic rings. The first-order chi connectivity index (χ1) is 9.65. The van der Waals surface area contributed by atoms with E-state index in [0.29, 0.717) is 11.3 Å². The van der Waals surface area contributed by atoms with E-state index in [9.17, 15) is 14.7 Å². The predicted octanol–water partition coefficient (Wildman–Crippen LogP) is 0.376. The zero-order valence-corrected chi connectivity index (χ0v) is 11.4. The average molecular weight is 293 g/mol. The summed E-state index contributed by atoms with van der Waals surface area (Å²) in [5.41, 5.74) is 0.815. The van der Waals surface area contributed by atoms with Crippen LogP contribution in [0.5, 0.6) is 0 Å². The maximum absolute atomic E-state index is 12.3. The number of ether oxygens (including phenoxy) is 1. The molecule has 0 spiro atoms. The number of fused-ring (bicyclic) bond motifs is 3. The van der Waals surface area contributed by atoms with Gasteiger partial charge in [0.2, 0.25) is 0 Å². The van der Waals surface area contributed by atoms with Crippen LogP contribution in [0.4, 0.5) is 0 Å². The molecular weight excluding hydrogens is 282 g/mol. The number of rotatable bonds is 3. The van der Waals surface area contributed by atoms with Gasteiger partial charge in [-0.2, -0.15) is 5.10 Å². The molecule has 104 valence electrons. The van der Waals surface area contributed by atoms with Crippen LogP contribution >= 0.6 is 11.3 Å². The molecule has 8 heteroatoms. The Labute approximate surface area is 116 Å². The lowest BCUT2D eigenvalue weighted by Crippen LogP contribution is -2.30. The Balaban J connectivity index is 2.32. The van der Waals surface area contributed by atoms with Crippen molar-refractivity contribution >= 4 is 33.0 Å². The minimum Gasteiger partial charge on any atom is -0.468 e. The molecule has 0 unspecified atom stereocenters. The molecule has 20 heavy (non-hydrogen) atoms. The maximum Gasteiger partial charge on any atom is 0.327 e. The summed E-state index contributed by atoms with van der Waals surface area (Å²) < 4.78 is 8.08. The third-order valence-electron chi connectivity index (χ3n) is 3.02. The number of hydrogen-bond donors (Lipinski definition) is 1. The fourth-order valence-electron chi connectivity index (χ4n) is 2.12. The van der Waals surface area contributed by atoms with Crippen molar-refractivity contribution in [2.24, 2.45) is 0 Å². The van der Waals surface area contributed by atoms with E-state index in [-0.39, 0.29) is 13.2 Å². The quantitative estimate of drug-likeness (QED) is 0.705. The zero-order chi connectivity index (χ0) is 14.3. The van der Waals surface area contributed by atoms with E-state index in [1.54, 1.807) is 10.5 Å². The fraction of sp³-hybridized carbons (Fsp3) is 0.250. The topological polar surface area (TPSA) is 85.8 Å². The maximum atomic E-state index is 12.3. The van der Waals surface area contributed by atoms with E-state index < -0.39 is 11.5 Å². The number of nitrogens with zero attached hydrogens (tertiary/aromatic N) is 3. The molecule has 0 aliphatic heterocycles. The second-order valence-corrected chi connectivity index (χ2v) is 5.10. The molecule has 0 radical (unpaired) electrons. The number of thiophene rings is 1. The highest BCUT2D eigenvalue weighted by molar-refractivity contribution is 7.17. The number of hydrogen-bond acceptors (Lipinski definition) is 6. The van der Waals surface area contributed by atoms with Crippen molar-refractivity contribution < 1.29 is 14.6 Å². The third kappa shape index (κ3) is 1.81. The average Bonchev–Trinajstić information content (AvgIpc) is 3.02. The summed E-state index contributed by atoms with van der Waals surface area (Å²) in [4.78, 5) is 23.6. The molecule has 3 heterocycles. The van der Waals surface area contributed by atoms with Gasteiger partial charge < -0.3 is 9.84 Å². The van der Waals surface area contributed by atoms with Crippen molar-refractivity contribution in [3.05, 3.63) is 33.7 Å². The summed E-state index contributed by atoms with van der Waals surface area (Å²) in [7, 11) is 1.24. The molecule has 7 nitrogen and oxygen atoms in total. The Morgan fingerprint density at radius 3 is 3.00 bits per heavy atom. The number of methoxy groups -OCH3 is 1. The number of carbonyl (C=O) groups excluding carboxylic acids is 1. The molecule has 0 aromatic carbocycles. The molecule has 0 saturated heterocycles. The van der Waals surface area contributed by atoms with E-state index in [1.807, 2.05) is 11.4 Å². The lowest BCUT2D eigenvalue weighted by Gasteiger charge is -2.08. The van der Waals surface area contributed by atoms with Crippen molar-refractivity contribution in [3.63, 3.8) is 0 Å². The lowest BCUT2D eigenvalue weighted by atomic mass is 10.5. The van der Waals surface area contributed by atoms with Crippen LogP contribution in [-0.4, -0.2) is 32.4 Å². The van der Waals surface area contributed by atoms with Crippen LogP contribution in [0.3, 0.4) is 0 Å². The molecule has 0 bridgehead atoms. The van der Waals surface area contributed by atoms with Crippen molar-refractivity contribution in [2.75, 3.05) is 7.11 Å². The van der Waals surface area contributed by atoms with Crippen LogP contribution in [-0.2, 0) is 22.7 Å². The molecule has 0 amide bonds. The SMILES string of the molecule is COC(=O)Cn1nc(CO)n2c(cc3sccc32)c1=O. The van der Waals surface area contributed by atoms with Crippen LogP contribution < -0.4 is 5.56 Å². The first kappa shape index (κ1) is 12.8. The molecule has 0 atom stereocenters. The van der Waals surface area contributed by atoms with E-state index in [2.05, 4.69) is 9.84 Å². The van der Waals surface area contributed by atoms with E-state index in [0.717, 1.165) is 14.9 Å². The summed E-state index contributed by atoms with van der Waals surface area (Å²) in [6.45, 7) is -0.616. The highest BCUT2D eigenvalue weighted by Gasteiger charge is 2.16. The Morgan fingerprint density at radius 2 is 2.30 bits per heavy atom. The van der Waals surface area contributed by atoms with Crippen LogP contribution in [0.2, 0.25) is 0 Å². The first-order valence-corrected chi connectivity index (χ1v) is 6.70. The standard InChI is InChI=1S/C12H11N3O4S/c1-19-11(17)5-14-12(18)8-4-9-7(2-3-20-9)15(8)10(6-16)13-14/h2-4,16H,5-6H2,1H3. The molecule has 3 aromatic heterocycles. The van der Waals surface area contributed by atoms with Gasteiger partial charge in [0.15, 0.2) is 5.82 Å². The minimum absolute atomic E-state index is 0.280. The van der Waals surface area contributed by atoms with Crippen molar-refractivity contribution in [2.45, 2.75) is 13.2 Å². The first-order valence-electron chi connectivity index (χ1n) is 5.82. The largest absolute Gasteiger partial charge is 0.468 e. The lowest BCUT2D eigenvalue weighted by molar-refractivity contribution is -0.141. The molecule has 3 aromatic rings. The van der Waals surface area contributed by atoms with Crippen molar-refractivity contribution in [1.29, 1.82) is 0 Å². The van der Waals surface area contributed by atoms with Gasteiger partial charge in [-0.1, -0.05) is 0 Å². The smallest absolute Gasteiger partial charge is 0.327 e. The van der Waals surface area contributed by atoms with Gasteiger partial charge in [-0.15, -0.1) is 11.3 Å². The minimum atomic E-state index is -0.568. The Kier molecular flexibility index (Phi) is 3.03. The number of aliphatic hydroxyl groups excluding tert-OH is 1. The summed E-state index contributed by atoms with van der Waals surface area (Å²) in [5.74, 6) is -0.266. The van der Waals surface area contributed by atoms with Gasteiger partial charge in [0.1, 0.15) is 18.7 Å². The van der Waals surface area contributed by atoms with E-state index >= 15 is 0 Å². The highest BCUT2D eigenvalue weighted by atomic mass is 32.1. The van der Waals surface area contributed by atoms with Gasteiger partial charge in [-0.05, 0) is 17.5 Å². The van der Waals surface area contributed by atoms with Gasteiger partial charge >= 0.3 is 5.97 Å². The monoisotopic (exact) mass is 293 g/mol. The number of aliphatic hydroxyl groups is 1. The third-order valence-corrected chi connectivity index (χ3v) is 3.87. The zero-order valence-electron chi connectivity index (χ0n) is 10.6. The number of carbonyl (C=O) groups is 1. The molecular formula is C12H11N3O4S. The Hall–Kier alpha value is -2.19. The van der Waals surface area contributed by atoms with E-state index in [4.69, 9.17) is 0 Å². The normalized spacial score (nSPS) is 11.3.